The van der Waals surface area contributed by atoms with Gasteiger partial charge in [-0.25, -0.2) is 0 Å². The first-order chi connectivity index (χ1) is 12.8. The highest BCUT2D eigenvalue weighted by atomic mass is 16.7. The lowest BCUT2D eigenvalue weighted by Gasteiger charge is -2.17. The van der Waals surface area contributed by atoms with E-state index in [9.17, 15) is 0 Å². The van der Waals surface area contributed by atoms with Crippen LogP contribution in [0.3, 0.4) is 0 Å². The second kappa shape index (κ2) is 6.07. The monoisotopic (exact) mass is 345 g/mol. The quantitative estimate of drug-likeness (QED) is 0.772. The van der Waals surface area contributed by atoms with Crippen LogP contribution < -0.4 is 19.5 Å². The summed E-state index contributed by atoms with van der Waals surface area (Å²) in [5.41, 5.74) is 5.01. The molecule has 0 amide bonds. The zero-order valence-corrected chi connectivity index (χ0v) is 14.4. The largest absolute Gasteiger partial charge is 0.497 e. The minimum atomic E-state index is 0.118. The number of hydrogen-bond donors (Lipinski definition) is 1. The molecular formula is C22H19NO3. The third kappa shape index (κ3) is 2.42. The van der Waals surface area contributed by atoms with E-state index in [1.54, 1.807) is 7.11 Å². The van der Waals surface area contributed by atoms with Gasteiger partial charge in [-0.3, -0.25) is 5.32 Å². The number of rotatable bonds is 3. The highest BCUT2D eigenvalue weighted by Gasteiger charge is 2.32. The third-order valence-corrected chi connectivity index (χ3v) is 5.13. The van der Waals surface area contributed by atoms with E-state index >= 15 is 0 Å². The van der Waals surface area contributed by atoms with E-state index in [-0.39, 0.29) is 12.1 Å². The van der Waals surface area contributed by atoms with Crippen molar-refractivity contribution in [3.8, 4) is 17.2 Å². The molecule has 0 radical (unpaired) electrons. The fourth-order valence-electron chi connectivity index (χ4n) is 3.82. The minimum absolute atomic E-state index is 0.118. The van der Waals surface area contributed by atoms with Gasteiger partial charge in [-0.05, 0) is 46.5 Å². The Hall–Kier alpha value is -2.98. The summed E-state index contributed by atoms with van der Waals surface area (Å²) in [6.07, 6.45) is 0. The van der Waals surface area contributed by atoms with E-state index in [0.29, 0.717) is 6.79 Å². The fraction of sp³-hybridized carbons (Fsp3) is 0.182. The Morgan fingerprint density at radius 3 is 2.19 bits per heavy atom. The van der Waals surface area contributed by atoms with Gasteiger partial charge < -0.3 is 14.2 Å². The van der Waals surface area contributed by atoms with Crippen LogP contribution in [0.5, 0.6) is 17.2 Å². The van der Waals surface area contributed by atoms with E-state index in [0.717, 1.165) is 17.2 Å². The third-order valence-electron chi connectivity index (χ3n) is 5.13. The van der Waals surface area contributed by atoms with Crippen LogP contribution in [-0.2, 0) is 0 Å². The van der Waals surface area contributed by atoms with Crippen molar-refractivity contribution in [1.29, 1.82) is 0 Å². The molecule has 0 fully saturated rings. The minimum Gasteiger partial charge on any atom is -0.497 e. The molecule has 2 atom stereocenters. The summed E-state index contributed by atoms with van der Waals surface area (Å²) >= 11 is 0. The average molecular weight is 345 g/mol. The molecule has 4 nitrogen and oxygen atoms in total. The molecule has 3 aromatic rings. The van der Waals surface area contributed by atoms with Crippen LogP contribution in [0.2, 0.25) is 0 Å². The summed E-state index contributed by atoms with van der Waals surface area (Å²) < 4.78 is 16.3. The Labute approximate surface area is 152 Å². The van der Waals surface area contributed by atoms with E-state index in [1.165, 1.54) is 22.3 Å². The maximum absolute atomic E-state index is 5.56. The zero-order valence-electron chi connectivity index (χ0n) is 14.4. The van der Waals surface area contributed by atoms with Crippen LogP contribution in [0.15, 0.2) is 66.7 Å². The fourth-order valence-corrected chi connectivity index (χ4v) is 3.82. The Morgan fingerprint density at radius 2 is 1.46 bits per heavy atom. The SMILES string of the molecule is COc1ccc([C@H]2N[C@H](c3ccc4c(c3)OCO4)c3ccccc32)cc1. The van der Waals surface area contributed by atoms with Crippen molar-refractivity contribution in [2.75, 3.05) is 13.9 Å². The molecular weight excluding hydrogens is 326 g/mol. The van der Waals surface area contributed by atoms with Crippen molar-refractivity contribution >= 4 is 0 Å². The number of benzene rings is 3. The molecule has 0 saturated carbocycles. The number of methoxy groups -OCH3 is 1. The summed E-state index contributed by atoms with van der Waals surface area (Å²) in [6.45, 7) is 0.294. The Kier molecular flexibility index (Phi) is 3.57. The van der Waals surface area contributed by atoms with Gasteiger partial charge in [0.15, 0.2) is 11.5 Å². The number of nitrogens with one attached hydrogen (secondary N) is 1. The second-order valence-electron chi connectivity index (χ2n) is 6.55. The smallest absolute Gasteiger partial charge is 0.231 e. The molecule has 26 heavy (non-hydrogen) atoms. The lowest BCUT2D eigenvalue weighted by Crippen LogP contribution is -2.19. The van der Waals surface area contributed by atoms with E-state index in [2.05, 4.69) is 53.8 Å². The van der Waals surface area contributed by atoms with Gasteiger partial charge in [-0.2, -0.15) is 0 Å². The molecule has 0 aliphatic carbocycles. The molecule has 4 heteroatoms. The molecule has 0 saturated heterocycles. The topological polar surface area (TPSA) is 39.7 Å². The van der Waals surface area contributed by atoms with Gasteiger partial charge in [0, 0.05) is 0 Å². The van der Waals surface area contributed by atoms with E-state index in [1.807, 2.05) is 18.2 Å². The van der Waals surface area contributed by atoms with Crippen molar-refractivity contribution in [3.63, 3.8) is 0 Å². The van der Waals surface area contributed by atoms with Crippen LogP contribution >= 0.6 is 0 Å². The van der Waals surface area contributed by atoms with Crippen molar-refractivity contribution in [3.05, 3.63) is 89.0 Å². The average Bonchev–Trinajstić information content (AvgIpc) is 3.32. The summed E-state index contributed by atoms with van der Waals surface area (Å²) in [7, 11) is 1.69. The Bertz CT molecular complexity index is 952. The standard InChI is InChI=1S/C22H19NO3/c1-24-16-9-6-14(7-10-16)21-17-4-2-3-5-18(17)22(23-21)15-8-11-19-20(12-15)26-13-25-19/h2-12,21-23H,13H2,1H3/t21-,22-/m1/s1. The molecule has 0 bridgehead atoms. The van der Waals surface area contributed by atoms with Crippen LogP contribution in [0, 0.1) is 0 Å². The van der Waals surface area contributed by atoms with Gasteiger partial charge in [-0.1, -0.05) is 42.5 Å². The Morgan fingerprint density at radius 1 is 0.808 bits per heavy atom. The molecule has 5 rings (SSSR count). The van der Waals surface area contributed by atoms with Gasteiger partial charge >= 0.3 is 0 Å². The molecule has 0 unspecified atom stereocenters. The van der Waals surface area contributed by atoms with Crippen molar-refractivity contribution in [1.82, 2.24) is 5.32 Å². The van der Waals surface area contributed by atoms with Crippen molar-refractivity contribution < 1.29 is 14.2 Å². The van der Waals surface area contributed by atoms with Gasteiger partial charge in [-0.15, -0.1) is 0 Å². The van der Waals surface area contributed by atoms with Crippen LogP contribution in [0.1, 0.15) is 34.3 Å². The van der Waals surface area contributed by atoms with E-state index < -0.39 is 0 Å². The number of ether oxygens (including phenoxy) is 3. The van der Waals surface area contributed by atoms with Crippen molar-refractivity contribution in [2.45, 2.75) is 12.1 Å². The molecule has 2 heterocycles. The second-order valence-corrected chi connectivity index (χ2v) is 6.55. The number of hydrogen-bond acceptors (Lipinski definition) is 4. The molecule has 1 N–H and O–H groups in total. The molecule has 0 aromatic heterocycles. The lowest BCUT2D eigenvalue weighted by atomic mass is 9.95. The van der Waals surface area contributed by atoms with Crippen LogP contribution in [0.25, 0.3) is 0 Å². The molecule has 3 aromatic carbocycles. The first-order valence-electron chi connectivity index (χ1n) is 8.72. The maximum Gasteiger partial charge on any atom is 0.231 e. The molecule has 0 spiro atoms. The highest BCUT2D eigenvalue weighted by molar-refractivity contribution is 5.52. The van der Waals surface area contributed by atoms with Gasteiger partial charge in [0.25, 0.3) is 0 Å². The van der Waals surface area contributed by atoms with Gasteiger partial charge in [0.05, 0.1) is 19.2 Å². The first kappa shape index (κ1) is 15.3. The molecule has 130 valence electrons. The van der Waals surface area contributed by atoms with Crippen LogP contribution in [-0.4, -0.2) is 13.9 Å². The predicted molar refractivity (Wildman–Crippen MR) is 98.8 cm³/mol. The molecule has 2 aliphatic rings. The summed E-state index contributed by atoms with van der Waals surface area (Å²) in [5.74, 6) is 2.49. The lowest BCUT2D eigenvalue weighted by molar-refractivity contribution is 0.174. The van der Waals surface area contributed by atoms with E-state index in [4.69, 9.17) is 14.2 Å². The van der Waals surface area contributed by atoms with Crippen molar-refractivity contribution in [2.24, 2.45) is 0 Å². The summed E-state index contributed by atoms with van der Waals surface area (Å²) in [5, 5.41) is 3.78. The van der Waals surface area contributed by atoms with Crippen LogP contribution in [0.4, 0.5) is 0 Å². The normalized spacial score (nSPS) is 20.0. The summed E-state index contributed by atoms with van der Waals surface area (Å²) in [6, 6.07) is 23.3. The number of fused-ring (bicyclic) bond motifs is 2. The Balaban J connectivity index is 1.54. The first-order valence-corrected chi connectivity index (χ1v) is 8.72. The van der Waals surface area contributed by atoms with Gasteiger partial charge in [0.1, 0.15) is 5.75 Å². The highest BCUT2D eigenvalue weighted by Crippen LogP contribution is 2.43. The van der Waals surface area contributed by atoms with Gasteiger partial charge in [0.2, 0.25) is 6.79 Å². The molecule has 2 aliphatic heterocycles. The summed E-state index contributed by atoms with van der Waals surface area (Å²) in [4.78, 5) is 0. The zero-order chi connectivity index (χ0) is 17.5. The predicted octanol–water partition coefficient (Wildman–Crippen LogP) is 4.21. The maximum atomic E-state index is 5.56.